The maximum Gasteiger partial charge on any atom is 0.0322 e. The molecule has 1 fully saturated rings. The number of aryl methyl sites for hydroxylation is 1. The molecule has 1 atom stereocenters. The average Bonchev–Trinajstić information content (AvgIpc) is 2.76. The van der Waals surface area contributed by atoms with Crippen LogP contribution in [0, 0.1) is 5.92 Å². The standard InChI is InChI=1S/C20H33N/c1-3-10-17-13-9-14-19(15-17)20(21-4-2)16-18-11-7-5-6-8-12-18/h9,13-15,18,20-21H,3-8,10-12,16H2,1-2H3. The largest absolute Gasteiger partial charge is 0.310 e. The summed E-state index contributed by atoms with van der Waals surface area (Å²) >= 11 is 0. The Hall–Kier alpha value is -0.820. The van der Waals surface area contributed by atoms with Crippen LogP contribution in [-0.4, -0.2) is 6.54 Å². The molecule has 0 saturated heterocycles. The summed E-state index contributed by atoms with van der Waals surface area (Å²) in [7, 11) is 0. The predicted molar refractivity (Wildman–Crippen MR) is 92.7 cm³/mol. The summed E-state index contributed by atoms with van der Waals surface area (Å²) in [5.41, 5.74) is 3.01. The fourth-order valence-corrected chi connectivity index (χ4v) is 3.77. The fourth-order valence-electron chi connectivity index (χ4n) is 3.77. The lowest BCUT2D eigenvalue weighted by atomic mass is 9.89. The third-order valence-electron chi connectivity index (χ3n) is 4.89. The van der Waals surface area contributed by atoms with Crippen LogP contribution in [0.4, 0.5) is 0 Å². The Morgan fingerprint density at radius 1 is 1.10 bits per heavy atom. The van der Waals surface area contributed by atoms with Crippen LogP contribution in [0.3, 0.4) is 0 Å². The molecule has 1 aliphatic rings. The van der Waals surface area contributed by atoms with Crippen molar-refractivity contribution >= 4 is 0 Å². The molecule has 0 spiro atoms. The van der Waals surface area contributed by atoms with Gasteiger partial charge in [0.15, 0.2) is 0 Å². The van der Waals surface area contributed by atoms with Crippen molar-refractivity contribution in [3.05, 3.63) is 35.4 Å². The second-order valence-corrected chi connectivity index (χ2v) is 6.70. The first kappa shape index (κ1) is 16.5. The molecule has 21 heavy (non-hydrogen) atoms. The maximum atomic E-state index is 3.74. The van der Waals surface area contributed by atoms with E-state index in [1.807, 2.05) is 0 Å². The topological polar surface area (TPSA) is 12.0 Å². The zero-order valence-corrected chi connectivity index (χ0v) is 14.0. The van der Waals surface area contributed by atoms with E-state index in [0.29, 0.717) is 6.04 Å². The summed E-state index contributed by atoms with van der Waals surface area (Å²) in [4.78, 5) is 0. The molecule has 1 heteroatoms. The van der Waals surface area contributed by atoms with Gasteiger partial charge in [0.05, 0.1) is 0 Å². The van der Waals surface area contributed by atoms with Gasteiger partial charge in [0.25, 0.3) is 0 Å². The lowest BCUT2D eigenvalue weighted by molar-refractivity contribution is 0.359. The number of hydrogen-bond donors (Lipinski definition) is 1. The summed E-state index contributed by atoms with van der Waals surface area (Å²) < 4.78 is 0. The van der Waals surface area contributed by atoms with Crippen LogP contribution in [0.15, 0.2) is 24.3 Å². The van der Waals surface area contributed by atoms with Gasteiger partial charge in [0, 0.05) is 6.04 Å². The lowest BCUT2D eigenvalue weighted by Gasteiger charge is -2.24. The molecule has 2 rings (SSSR count). The van der Waals surface area contributed by atoms with Crippen molar-refractivity contribution in [1.29, 1.82) is 0 Å². The molecule has 0 amide bonds. The van der Waals surface area contributed by atoms with E-state index in [1.165, 1.54) is 68.9 Å². The second kappa shape index (κ2) is 9.25. The Kier molecular flexibility index (Phi) is 7.29. The van der Waals surface area contributed by atoms with Gasteiger partial charge in [-0.15, -0.1) is 0 Å². The average molecular weight is 287 g/mol. The molecule has 1 saturated carbocycles. The van der Waals surface area contributed by atoms with Gasteiger partial charge < -0.3 is 5.32 Å². The van der Waals surface area contributed by atoms with E-state index in [0.717, 1.165) is 12.5 Å². The van der Waals surface area contributed by atoms with Crippen molar-refractivity contribution in [2.24, 2.45) is 5.92 Å². The van der Waals surface area contributed by atoms with Crippen LogP contribution in [0.25, 0.3) is 0 Å². The smallest absolute Gasteiger partial charge is 0.0322 e. The van der Waals surface area contributed by atoms with Crippen LogP contribution in [-0.2, 0) is 6.42 Å². The molecular weight excluding hydrogens is 254 g/mol. The van der Waals surface area contributed by atoms with Crippen LogP contribution in [0.5, 0.6) is 0 Å². The van der Waals surface area contributed by atoms with Gasteiger partial charge in [-0.2, -0.15) is 0 Å². The van der Waals surface area contributed by atoms with E-state index >= 15 is 0 Å². The number of nitrogens with one attached hydrogen (secondary N) is 1. The van der Waals surface area contributed by atoms with Crippen molar-refractivity contribution in [3.63, 3.8) is 0 Å². The first-order valence-corrected chi connectivity index (χ1v) is 9.15. The normalized spacial score (nSPS) is 18.4. The molecule has 0 aliphatic heterocycles. The molecule has 0 bridgehead atoms. The number of benzene rings is 1. The summed E-state index contributed by atoms with van der Waals surface area (Å²) in [6.07, 6.45) is 12.4. The molecule has 0 radical (unpaired) electrons. The zero-order chi connectivity index (χ0) is 14.9. The quantitative estimate of drug-likeness (QED) is 0.639. The Morgan fingerprint density at radius 3 is 2.52 bits per heavy atom. The molecule has 1 aromatic rings. The van der Waals surface area contributed by atoms with E-state index in [-0.39, 0.29) is 0 Å². The molecule has 1 aliphatic carbocycles. The van der Waals surface area contributed by atoms with Gasteiger partial charge in [0.2, 0.25) is 0 Å². The SMILES string of the molecule is CCCc1cccc(C(CC2CCCCCC2)NCC)c1. The molecular formula is C20H33N. The second-order valence-electron chi connectivity index (χ2n) is 6.70. The highest BCUT2D eigenvalue weighted by Crippen LogP contribution is 2.31. The molecule has 1 N–H and O–H groups in total. The zero-order valence-electron chi connectivity index (χ0n) is 14.0. The van der Waals surface area contributed by atoms with E-state index in [9.17, 15) is 0 Å². The van der Waals surface area contributed by atoms with Crippen LogP contribution < -0.4 is 5.32 Å². The Bertz CT molecular complexity index is 391. The molecule has 0 heterocycles. The Labute approximate surface area is 131 Å². The van der Waals surface area contributed by atoms with Crippen molar-refractivity contribution < 1.29 is 0 Å². The third-order valence-corrected chi connectivity index (χ3v) is 4.89. The Morgan fingerprint density at radius 2 is 1.86 bits per heavy atom. The van der Waals surface area contributed by atoms with E-state index < -0.39 is 0 Å². The van der Waals surface area contributed by atoms with Gasteiger partial charge in [-0.25, -0.2) is 0 Å². The van der Waals surface area contributed by atoms with E-state index in [2.05, 4.69) is 43.4 Å². The molecule has 1 nitrogen and oxygen atoms in total. The minimum atomic E-state index is 0.551. The highest BCUT2D eigenvalue weighted by Gasteiger charge is 2.19. The van der Waals surface area contributed by atoms with Gasteiger partial charge >= 0.3 is 0 Å². The van der Waals surface area contributed by atoms with Gasteiger partial charge in [0.1, 0.15) is 0 Å². The van der Waals surface area contributed by atoms with Gasteiger partial charge in [-0.3, -0.25) is 0 Å². The van der Waals surface area contributed by atoms with Crippen molar-refractivity contribution in [3.8, 4) is 0 Å². The number of hydrogen-bond acceptors (Lipinski definition) is 1. The van der Waals surface area contributed by atoms with Gasteiger partial charge in [-0.1, -0.05) is 83.1 Å². The van der Waals surface area contributed by atoms with E-state index in [4.69, 9.17) is 0 Å². The molecule has 1 unspecified atom stereocenters. The number of rotatable bonds is 7. The molecule has 118 valence electrons. The summed E-state index contributed by atoms with van der Waals surface area (Å²) in [5.74, 6) is 0.923. The van der Waals surface area contributed by atoms with Crippen LogP contribution in [0.1, 0.15) is 82.4 Å². The monoisotopic (exact) mass is 287 g/mol. The highest BCUT2D eigenvalue weighted by molar-refractivity contribution is 5.26. The van der Waals surface area contributed by atoms with Crippen molar-refractivity contribution in [1.82, 2.24) is 5.32 Å². The molecule has 0 aromatic heterocycles. The highest BCUT2D eigenvalue weighted by atomic mass is 14.9. The summed E-state index contributed by atoms with van der Waals surface area (Å²) in [6, 6.07) is 9.84. The van der Waals surface area contributed by atoms with Crippen molar-refractivity contribution in [2.75, 3.05) is 6.54 Å². The lowest BCUT2D eigenvalue weighted by Crippen LogP contribution is -2.23. The third kappa shape index (κ3) is 5.47. The van der Waals surface area contributed by atoms with Gasteiger partial charge in [-0.05, 0) is 36.4 Å². The van der Waals surface area contributed by atoms with E-state index in [1.54, 1.807) is 0 Å². The minimum absolute atomic E-state index is 0.551. The van der Waals surface area contributed by atoms with Crippen molar-refractivity contribution in [2.45, 2.75) is 77.7 Å². The Balaban J connectivity index is 2.04. The summed E-state index contributed by atoms with van der Waals surface area (Å²) in [6.45, 7) is 5.56. The fraction of sp³-hybridized carbons (Fsp3) is 0.700. The predicted octanol–water partition coefficient (Wildman–Crippen LogP) is 5.65. The molecule has 1 aromatic carbocycles. The van der Waals surface area contributed by atoms with Crippen LogP contribution >= 0.6 is 0 Å². The summed E-state index contributed by atoms with van der Waals surface area (Å²) in [5, 5.41) is 3.74. The maximum absolute atomic E-state index is 3.74. The first-order chi connectivity index (χ1) is 10.3. The first-order valence-electron chi connectivity index (χ1n) is 9.15. The van der Waals surface area contributed by atoms with Crippen LogP contribution in [0.2, 0.25) is 0 Å². The minimum Gasteiger partial charge on any atom is -0.310 e.